The molecule has 0 spiro atoms. The van der Waals surface area contributed by atoms with Crippen LogP contribution in [0, 0.1) is 0 Å². The molecule has 1 aliphatic rings. The molecule has 0 saturated carbocycles. The van der Waals surface area contributed by atoms with Crippen molar-refractivity contribution in [2.75, 3.05) is 11.9 Å². The summed E-state index contributed by atoms with van der Waals surface area (Å²) in [4.78, 5) is 40.3. The van der Waals surface area contributed by atoms with Crippen molar-refractivity contribution in [2.24, 2.45) is 0 Å². The fraction of sp³-hybridized carbons (Fsp3) is 0.538. The van der Waals surface area contributed by atoms with Crippen LogP contribution >= 0.6 is 35.5 Å². The number of hydrogen-bond acceptors (Lipinski definition) is 8. The third-order valence-corrected chi connectivity index (χ3v) is 5.17. The number of nitrogens with one attached hydrogen (secondary N) is 1. The number of hydrogen-bond donors (Lipinski definition) is 1. The Kier molecular flexibility index (Phi) is 6.19. The number of carbonyl (C=O) groups is 3. The first-order chi connectivity index (χ1) is 10.9. The molecule has 0 aliphatic carbocycles. The quantitative estimate of drug-likeness (QED) is 0.727. The van der Waals surface area contributed by atoms with E-state index in [0.717, 1.165) is 11.5 Å². The van der Waals surface area contributed by atoms with Crippen LogP contribution in [0.5, 0.6) is 0 Å². The third-order valence-electron chi connectivity index (χ3n) is 3.02. The molecule has 23 heavy (non-hydrogen) atoms. The van der Waals surface area contributed by atoms with Crippen molar-refractivity contribution in [2.45, 2.75) is 38.4 Å². The summed E-state index contributed by atoms with van der Waals surface area (Å²) in [5.41, 5.74) is 0. The van der Waals surface area contributed by atoms with Crippen LogP contribution in [0.15, 0.2) is 0 Å². The molecule has 1 aliphatic heterocycles. The summed E-state index contributed by atoms with van der Waals surface area (Å²) < 4.78 is 4.57. The molecule has 10 heteroatoms. The molecule has 1 saturated heterocycles. The Hall–Kier alpha value is -1.39. The molecule has 0 radical (unpaired) electrons. The summed E-state index contributed by atoms with van der Waals surface area (Å²) in [6.07, 6.45) is 0.938. The zero-order valence-corrected chi connectivity index (χ0v) is 15.1. The first-order valence-corrected chi connectivity index (χ1v) is 9.07. The molecule has 1 aromatic rings. The second-order valence-electron chi connectivity index (χ2n) is 5.06. The second-order valence-corrected chi connectivity index (χ2v) is 7.79. The average molecular weight is 372 g/mol. The van der Waals surface area contributed by atoms with Crippen molar-refractivity contribution >= 4 is 62.6 Å². The number of aromatic nitrogens is 2. The molecule has 1 aromatic heterocycles. The highest BCUT2D eigenvalue weighted by Crippen LogP contribution is 2.26. The largest absolute Gasteiger partial charge is 0.301 e. The molecule has 1 atom stereocenters. The maximum absolute atomic E-state index is 11.9. The van der Waals surface area contributed by atoms with Gasteiger partial charge in [0, 0.05) is 24.5 Å². The van der Waals surface area contributed by atoms with E-state index in [1.807, 2.05) is 6.92 Å². The standard InChI is InChI=1S/C13H16N4O3S3/c1-7(18)6-9-14-12(23-16-9)15-10(19)4-3-5-17-11(20)8(2)22-13(17)21/h8H,3-6H2,1-2H3,(H,14,15,16,19). The molecular weight excluding hydrogens is 356 g/mol. The van der Waals surface area contributed by atoms with Gasteiger partial charge < -0.3 is 5.32 Å². The molecule has 1 unspecified atom stereocenters. The van der Waals surface area contributed by atoms with Gasteiger partial charge in [-0.15, -0.1) is 0 Å². The maximum Gasteiger partial charge on any atom is 0.241 e. The van der Waals surface area contributed by atoms with Crippen molar-refractivity contribution in [1.82, 2.24) is 14.3 Å². The van der Waals surface area contributed by atoms with Crippen molar-refractivity contribution in [3.8, 4) is 0 Å². The van der Waals surface area contributed by atoms with Gasteiger partial charge >= 0.3 is 0 Å². The van der Waals surface area contributed by atoms with Gasteiger partial charge in [-0.1, -0.05) is 24.0 Å². The molecule has 0 aromatic carbocycles. The van der Waals surface area contributed by atoms with Crippen LogP contribution in [0.25, 0.3) is 0 Å². The second kappa shape index (κ2) is 7.93. The van der Waals surface area contributed by atoms with Gasteiger partial charge in [-0.2, -0.15) is 4.37 Å². The van der Waals surface area contributed by atoms with E-state index in [1.165, 1.54) is 18.7 Å². The summed E-state index contributed by atoms with van der Waals surface area (Å²) in [6.45, 7) is 3.72. The number of ketones is 1. The molecule has 7 nitrogen and oxygen atoms in total. The van der Waals surface area contributed by atoms with Gasteiger partial charge in [0.05, 0.1) is 11.7 Å². The lowest BCUT2D eigenvalue weighted by molar-refractivity contribution is -0.126. The van der Waals surface area contributed by atoms with E-state index in [9.17, 15) is 14.4 Å². The predicted molar refractivity (Wildman–Crippen MR) is 93.5 cm³/mol. The van der Waals surface area contributed by atoms with Gasteiger partial charge in [0.15, 0.2) is 5.82 Å². The maximum atomic E-state index is 11.9. The third kappa shape index (κ3) is 5.05. The molecule has 1 fully saturated rings. The van der Waals surface area contributed by atoms with E-state index in [1.54, 1.807) is 4.90 Å². The first kappa shape index (κ1) is 18.0. The summed E-state index contributed by atoms with van der Waals surface area (Å²) in [5, 5.41) is 2.88. The zero-order chi connectivity index (χ0) is 17.0. The number of rotatable bonds is 7. The van der Waals surface area contributed by atoms with Gasteiger partial charge in [0.2, 0.25) is 16.9 Å². The fourth-order valence-corrected chi connectivity index (χ4v) is 4.01. The SMILES string of the molecule is CC(=O)Cc1nsc(NC(=O)CCCN2C(=O)C(C)SC2=S)n1. The minimum absolute atomic E-state index is 0.00148. The number of thioether (sulfide) groups is 1. The van der Waals surface area contributed by atoms with Gasteiger partial charge in [0.1, 0.15) is 10.1 Å². The van der Waals surface area contributed by atoms with E-state index in [-0.39, 0.29) is 35.7 Å². The molecule has 2 heterocycles. The van der Waals surface area contributed by atoms with Crippen molar-refractivity contribution in [1.29, 1.82) is 0 Å². The van der Waals surface area contributed by atoms with Crippen LogP contribution in [0.1, 0.15) is 32.5 Å². The van der Waals surface area contributed by atoms with E-state index in [4.69, 9.17) is 12.2 Å². The Balaban J connectivity index is 1.75. The van der Waals surface area contributed by atoms with Gasteiger partial charge in [-0.05, 0) is 20.3 Å². The molecule has 1 N–H and O–H groups in total. The molecular formula is C13H16N4O3S3. The molecule has 0 bridgehead atoms. The number of nitrogens with zero attached hydrogens (tertiary/aromatic N) is 3. The molecule has 2 amide bonds. The summed E-state index contributed by atoms with van der Waals surface area (Å²) in [7, 11) is 0. The van der Waals surface area contributed by atoms with Crippen LogP contribution in [-0.2, 0) is 20.8 Å². The summed E-state index contributed by atoms with van der Waals surface area (Å²) >= 11 is 7.55. The van der Waals surface area contributed by atoms with Crippen LogP contribution < -0.4 is 5.32 Å². The Morgan fingerprint density at radius 1 is 1.43 bits per heavy atom. The number of Topliss-reactive ketones (excluding diaryl/α,β-unsaturated/α-hetero) is 1. The first-order valence-electron chi connectivity index (χ1n) is 7.00. The minimum Gasteiger partial charge on any atom is -0.301 e. The lowest BCUT2D eigenvalue weighted by Crippen LogP contribution is -2.32. The molecule has 124 valence electrons. The topological polar surface area (TPSA) is 92.3 Å². The van der Waals surface area contributed by atoms with E-state index in [0.29, 0.717) is 28.2 Å². The van der Waals surface area contributed by atoms with Crippen LogP contribution in [0.3, 0.4) is 0 Å². The summed E-state index contributed by atoms with van der Waals surface area (Å²) in [6, 6.07) is 0. The number of thiocarbonyl (C=S) groups is 1. The van der Waals surface area contributed by atoms with Crippen molar-refractivity contribution in [3.63, 3.8) is 0 Å². The van der Waals surface area contributed by atoms with Gasteiger partial charge in [-0.3, -0.25) is 19.3 Å². The summed E-state index contributed by atoms with van der Waals surface area (Å²) in [5.74, 6) is 0.183. The Morgan fingerprint density at radius 2 is 2.17 bits per heavy atom. The smallest absolute Gasteiger partial charge is 0.241 e. The van der Waals surface area contributed by atoms with Crippen LogP contribution in [-0.4, -0.2) is 48.0 Å². The zero-order valence-electron chi connectivity index (χ0n) is 12.7. The Morgan fingerprint density at radius 3 is 2.78 bits per heavy atom. The van der Waals surface area contributed by atoms with Crippen LogP contribution in [0.2, 0.25) is 0 Å². The highest BCUT2D eigenvalue weighted by molar-refractivity contribution is 8.24. The Bertz CT molecular complexity index is 646. The monoisotopic (exact) mass is 372 g/mol. The van der Waals surface area contributed by atoms with Gasteiger partial charge in [0.25, 0.3) is 0 Å². The normalized spacial score (nSPS) is 17.7. The number of anilines is 1. The highest BCUT2D eigenvalue weighted by Gasteiger charge is 2.33. The fourth-order valence-electron chi connectivity index (χ4n) is 1.95. The Labute approximate surface area is 147 Å². The molecule has 2 rings (SSSR count). The van der Waals surface area contributed by atoms with Gasteiger partial charge in [-0.25, -0.2) is 4.98 Å². The highest BCUT2D eigenvalue weighted by atomic mass is 32.2. The lowest BCUT2D eigenvalue weighted by Gasteiger charge is -2.14. The van der Waals surface area contributed by atoms with E-state index < -0.39 is 0 Å². The number of carbonyl (C=O) groups excluding carboxylic acids is 3. The minimum atomic E-state index is -0.200. The number of amides is 2. The van der Waals surface area contributed by atoms with Crippen molar-refractivity contribution in [3.05, 3.63) is 5.82 Å². The average Bonchev–Trinajstić information content (AvgIpc) is 2.97. The van der Waals surface area contributed by atoms with Crippen LogP contribution in [0.4, 0.5) is 5.13 Å². The van der Waals surface area contributed by atoms with E-state index in [2.05, 4.69) is 14.7 Å². The van der Waals surface area contributed by atoms with E-state index >= 15 is 0 Å². The predicted octanol–water partition coefficient (Wildman–Crippen LogP) is 1.64. The van der Waals surface area contributed by atoms with Crippen molar-refractivity contribution < 1.29 is 14.4 Å². The lowest BCUT2D eigenvalue weighted by atomic mass is 10.2.